The molecule has 2 amide bonds. The number of thiazole rings is 1. The molecule has 9 rings (SSSR count). The van der Waals surface area contributed by atoms with Gasteiger partial charge < -0.3 is 29.2 Å². The monoisotopic (exact) mass is 822 g/mol. The van der Waals surface area contributed by atoms with Crippen LogP contribution in [0.5, 0.6) is 0 Å². The third-order valence-electron chi connectivity index (χ3n) is 14.0. The molecule has 2 N–H and O–H groups in total. The largest absolute Gasteiger partial charge is 0.464 e. The van der Waals surface area contributed by atoms with Gasteiger partial charge in [-0.1, -0.05) is 19.9 Å². The van der Waals surface area contributed by atoms with Gasteiger partial charge in [-0.05, 0) is 88.6 Å². The highest BCUT2D eigenvalue weighted by Gasteiger charge is 2.49. The number of piperazine rings is 1. The molecular weight excluding hydrogens is 765 g/mol. The Balaban J connectivity index is 1.17. The number of amides is 2. The van der Waals surface area contributed by atoms with Gasteiger partial charge in [0.2, 0.25) is 5.91 Å². The van der Waals surface area contributed by atoms with Crippen LogP contribution in [0.15, 0.2) is 35.8 Å². The van der Waals surface area contributed by atoms with E-state index in [1.54, 1.807) is 7.11 Å². The van der Waals surface area contributed by atoms with Crippen molar-refractivity contribution in [2.24, 2.45) is 23.2 Å². The predicted octanol–water partition coefficient (Wildman–Crippen LogP) is 5.61. The lowest BCUT2D eigenvalue weighted by molar-refractivity contribution is -0.154. The fraction of sp³-hybridized carbons (Fsp3) is 0.578. The number of aromatic nitrogens is 3. The average Bonchev–Trinajstić information content (AvgIpc) is 4.03. The SMILES string of the molecule is CCn1c(-c2cc(N3CCN(C)CC3)cnc2[C@H](C)OC)c2c3cc(ccc31)-c1csc(n1)C[C@H](NC(=O)[C@H]1[C@H](C)[C@@H]1C)C(=O)N1CCC[C@H](N1)C(=O)OCC1(CC1)C2. The van der Waals surface area contributed by atoms with E-state index < -0.39 is 12.1 Å². The van der Waals surface area contributed by atoms with Crippen LogP contribution in [-0.2, 0) is 43.2 Å². The van der Waals surface area contributed by atoms with Crippen LogP contribution in [-0.4, -0.2) is 108 Å². The number of rotatable bonds is 7. The number of anilines is 1. The van der Waals surface area contributed by atoms with Crippen LogP contribution < -0.4 is 15.6 Å². The number of benzene rings is 1. The summed E-state index contributed by atoms with van der Waals surface area (Å²) < 4.78 is 14.6. The first-order valence-corrected chi connectivity index (χ1v) is 22.5. The second-order valence-corrected chi connectivity index (χ2v) is 18.8. The lowest BCUT2D eigenvalue weighted by atomic mass is 9.91. The summed E-state index contributed by atoms with van der Waals surface area (Å²) in [5, 5.41) is 8.58. The van der Waals surface area contributed by atoms with E-state index in [0.717, 1.165) is 102 Å². The maximum Gasteiger partial charge on any atom is 0.324 e. The number of ether oxygens (including phenoxy) is 2. The second-order valence-electron chi connectivity index (χ2n) is 17.8. The van der Waals surface area contributed by atoms with Crippen LogP contribution in [0, 0.1) is 23.2 Å². The molecule has 3 aliphatic heterocycles. The highest BCUT2D eigenvalue weighted by Crippen LogP contribution is 2.52. The first kappa shape index (κ1) is 40.1. The van der Waals surface area contributed by atoms with Crippen molar-refractivity contribution in [2.75, 3.05) is 58.4 Å². The quantitative estimate of drug-likeness (QED) is 0.227. The lowest BCUT2D eigenvalue weighted by Gasteiger charge is -2.35. The Bertz CT molecular complexity index is 2250. The number of hydrazine groups is 1. The Morgan fingerprint density at radius 3 is 2.61 bits per heavy atom. The molecule has 14 heteroatoms. The average molecular weight is 823 g/mol. The minimum absolute atomic E-state index is 0.105. The molecule has 1 aromatic carbocycles. The summed E-state index contributed by atoms with van der Waals surface area (Å²) >= 11 is 1.50. The van der Waals surface area contributed by atoms with Crippen LogP contribution in [0.4, 0.5) is 5.69 Å². The summed E-state index contributed by atoms with van der Waals surface area (Å²) in [5.41, 5.74) is 11.4. The number of aryl methyl sites for hydroxylation is 1. The maximum atomic E-state index is 14.2. The van der Waals surface area contributed by atoms with E-state index in [1.807, 2.05) is 6.20 Å². The van der Waals surface area contributed by atoms with E-state index in [0.29, 0.717) is 26.0 Å². The van der Waals surface area contributed by atoms with Gasteiger partial charge in [0.25, 0.3) is 5.91 Å². The standard InChI is InChI=1S/C45H58N8O5S/c1-7-52-37-11-10-29-19-31(37)33(41(52)32-20-30(23-46-40(32)28(4)57-6)51-17-15-50(5)16-18-51)22-45(12-13-45)25-58-44(56)34-9-8-14-53(49-34)43(55)35(21-38-47-36(29)24-59-38)48-42(54)39-26(2)27(39)3/h10-11,19-20,23-24,26-28,34-35,39,49H,7-9,12-18,21-22,25H2,1-6H3,(H,48,54)/t26-,27+,28-,34-,35-,39+/m0/s1. The highest BCUT2D eigenvalue weighted by molar-refractivity contribution is 7.10. The molecule has 2 saturated carbocycles. The Hall–Kier alpha value is -4.37. The van der Waals surface area contributed by atoms with Gasteiger partial charge in [-0.3, -0.25) is 24.4 Å². The highest BCUT2D eigenvalue weighted by atomic mass is 32.1. The zero-order chi connectivity index (χ0) is 41.2. The number of hydrogen-bond donors (Lipinski definition) is 2. The number of fused-ring (bicyclic) bond motifs is 6. The number of cyclic esters (lactones) is 1. The minimum Gasteiger partial charge on any atom is -0.464 e. The Morgan fingerprint density at radius 2 is 1.90 bits per heavy atom. The van der Waals surface area contributed by atoms with E-state index in [2.05, 4.69) is 89.5 Å². The third kappa shape index (κ3) is 7.66. The van der Waals surface area contributed by atoms with Crippen molar-refractivity contribution in [3.05, 3.63) is 52.1 Å². The number of nitrogens with one attached hydrogen (secondary N) is 2. The summed E-state index contributed by atoms with van der Waals surface area (Å²) in [6.45, 7) is 13.7. The first-order valence-electron chi connectivity index (χ1n) is 21.6. The molecule has 2 aliphatic carbocycles. The summed E-state index contributed by atoms with van der Waals surface area (Å²) in [6, 6.07) is 7.45. The number of likely N-dealkylation sites (N-methyl/N-ethyl adjacent to an activating group) is 1. The molecule has 3 aromatic heterocycles. The van der Waals surface area contributed by atoms with Crippen molar-refractivity contribution in [1.82, 2.24) is 35.2 Å². The van der Waals surface area contributed by atoms with Crippen molar-refractivity contribution >= 4 is 45.7 Å². The number of hydrogen-bond acceptors (Lipinski definition) is 11. The number of carbonyl (C=O) groups is 3. The minimum atomic E-state index is -0.827. The molecule has 4 fully saturated rings. The summed E-state index contributed by atoms with van der Waals surface area (Å²) in [6.07, 6.45) is 5.84. The Kier molecular flexibility index (Phi) is 10.8. The van der Waals surface area contributed by atoms with Crippen molar-refractivity contribution in [3.63, 3.8) is 0 Å². The Morgan fingerprint density at radius 1 is 1.12 bits per heavy atom. The Labute approximate surface area is 350 Å². The molecule has 0 radical (unpaired) electrons. The predicted molar refractivity (Wildman–Crippen MR) is 229 cm³/mol. The normalized spacial score (nSPS) is 26.4. The van der Waals surface area contributed by atoms with Crippen LogP contribution in [0.25, 0.3) is 33.4 Å². The van der Waals surface area contributed by atoms with Gasteiger partial charge in [0.05, 0.1) is 46.7 Å². The van der Waals surface area contributed by atoms with E-state index in [9.17, 15) is 14.4 Å². The third-order valence-corrected chi connectivity index (χ3v) is 14.9. The number of carbonyl (C=O) groups excluding carboxylic acids is 3. The van der Waals surface area contributed by atoms with Crippen molar-refractivity contribution < 1.29 is 23.9 Å². The van der Waals surface area contributed by atoms with Gasteiger partial charge in [-0.25, -0.2) is 10.4 Å². The van der Waals surface area contributed by atoms with Crippen molar-refractivity contribution in [1.29, 1.82) is 0 Å². The number of pyridine rings is 1. The fourth-order valence-electron chi connectivity index (χ4n) is 9.60. The molecular formula is C45H58N8O5S. The summed E-state index contributed by atoms with van der Waals surface area (Å²) in [7, 11) is 3.91. The number of esters is 1. The van der Waals surface area contributed by atoms with E-state index in [-0.39, 0.29) is 53.5 Å². The van der Waals surface area contributed by atoms with Gasteiger partial charge in [0.1, 0.15) is 12.1 Å². The molecule has 13 nitrogen and oxygen atoms in total. The van der Waals surface area contributed by atoms with E-state index in [4.69, 9.17) is 19.4 Å². The van der Waals surface area contributed by atoms with Crippen molar-refractivity contribution in [2.45, 2.75) is 91.0 Å². The topological polar surface area (TPSA) is 134 Å². The molecule has 6 bridgehead atoms. The molecule has 0 unspecified atom stereocenters. The summed E-state index contributed by atoms with van der Waals surface area (Å²) in [4.78, 5) is 56.6. The van der Waals surface area contributed by atoms with E-state index in [1.165, 1.54) is 21.9 Å². The van der Waals surface area contributed by atoms with Gasteiger partial charge >= 0.3 is 5.97 Å². The van der Waals surface area contributed by atoms with Gasteiger partial charge in [0.15, 0.2) is 0 Å². The smallest absolute Gasteiger partial charge is 0.324 e. The lowest BCUT2D eigenvalue weighted by Crippen LogP contribution is -2.60. The zero-order valence-corrected chi connectivity index (χ0v) is 36.1. The van der Waals surface area contributed by atoms with Gasteiger partial charge in [-0.15, -0.1) is 11.3 Å². The number of nitrogens with zero attached hydrogens (tertiary/aromatic N) is 6. The fourth-order valence-corrected chi connectivity index (χ4v) is 10.4. The molecule has 314 valence electrons. The van der Waals surface area contributed by atoms with Crippen LogP contribution in [0.2, 0.25) is 0 Å². The van der Waals surface area contributed by atoms with Crippen LogP contribution >= 0.6 is 11.3 Å². The molecule has 5 aliphatic rings. The van der Waals surface area contributed by atoms with Crippen molar-refractivity contribution in [3.8, 4) is 22.5 Å². The molecule has 6 atom stereocenters. The van der Waals surface area contributed by atoms with Crippen LogP contribution in [0.1, 0.15) is 75.7 Å². The van der Waals surface area contributed by atoms with E-state index >= 15 is 0 Å². The first-order chi connectivity index (χ1) is 28.5. The zero-order valence-electron chi connectivity index (χ0n) is 35.3. The van der Waals surface area contributed by atoms with Crippen LogP contribution in [0.3, 0.4) is 0 Å². The second kappa shape index (κ2) is 15.9. The molecule has 6 heterocycles. The van der Waals surface area contributed by atoms with Gasteiger partial charge in [-0.2, -0.15) is 0 Å². The molecule has 1 spiro atoms. The number of methoxy groups -OCH3 is 1. The molecule has 4 aromatic rings. The molecule has 59 heavy (non-hydrogen) atoms. The summed E-state index contributed by atoms with van der Waals surface area (Å²) in [5.74, 6) is -0.289. The van der Waals surface area contributed by atoms with Gasteiger partial charge in [0, 0.05) is 91.5 Å². The maximum absolute atomic E-state index is 14.2. The molecule has 2 saturated heterocycles.